The third-order valence-electron chi connectivity index (χ3n) is 2.68. The zero-order valence-corrected chi connectivity index (χ0v) is 10.5. The molecule has 0 saturated heterocycles. The lowest BCUT2D eigenvalue weighted by atomic mass is 10.0. The smallest absolute Gasteiger partial charge is 0.0912 e. The molecule has 0 atom stereocenters. The van der Waals surface area contributed by atoms with Crippen LogP contribution in [0.25, 0.3) is 17.2 Å². The molecule has 18 heavy (non-hydrogen) atoms. The Morgan fingerprint density at radius 1 is 1.00 bits per heavy atom. The van der Waals surface area contributed by atoms with Crippen LogP contribution in [0.4, 0.5) is 0 Å². The topological polar surface area (TPSA) is 36.7 Å². The van der Waals surface area contributed by atoms with E-state index in [1.807, 2.05) is 32.0 Å². The average Bonchev–Trinajstić information content (AvgIpc) is 2.36. The molecule has 0 aliphatic heterocycles. The van der Waals surface area contributed by atoms with Crippen LogP contribution in [0.3, 0.4) is 0 Å². The highest BCUT2D eigenvalue weighted by Crippen LogP contribution is 2.21. The van der Waals surface area contributed by atoms with Crippen LogP contribution in [0, 0.1) is 25.2 Å². The summed E-state index contributed by atoms with van der Waals surface area (Å²) in [6.45, 7) is 4.00. The summed E-state index contributed by atoms with van der Waals surface area (Å²) >= 11 is 0. The standard InChI is InChI=1S/C16H14N2/c1-12-10-16(11-13(2)18-12)15-7-5-14(6-8-15)4-3-9-17/h3-8,10-11H,1-2H3. The maximum atomic E-state index is 8.48. The Labute approximate surface area is 107 Å². The number of aryl methyl sites for hydroxylation is 2. The number of nitrogens with zero attached hydrogens (tertiary/aromatic N) is 2. The van der Waals surface area contributed by atoms with Crippen LogP contribution in [0.2, 0.25) is 0 Å². The first-order valence-corrected chi connectivity index (χ1v) is 5.81. The van der Waals surface area contributed by atoms with Crippen molar-refractivity contribution in [1.29, 1.82) is 5.26 Å². The number of aromatic nitrogens is 1. The molecular formula is C16H14N2. The number of hydrogen-bond acceptors (Lipinski definition) is 2. The van der Waals surface area contributed by atoms with Crippen molar-refractivity contribution in [2.45, 2.75) is 13.8 Å². The molecule has 1 aromatic carbocycles. The van der Waals surface area contributed by atoms with Crippen LogP contribution in [0.15, 0.2) is 42.5 Å². The quantitative estimate of drug-likeness (QED) is 0.739. The van der Waals surface area contributed by atoms with E-state index in [0.29, 0.717) is 0 Å². The van der Waals surface area contributed by atoms with Crippen molar-refractivity contribution in [2.24, 2.45) is 0 Å². The minimum absolute atomic E-state index is 1.03. The fourth-order valence-corrected chi connectivity index (χ4v) is 1.92. The van der Waals surface area contributed by atoms with Gasteiger partial charge in [0.1, 0.15) is 0 Å². The molecular weight excluding hydrogens is 220 g/mol. The molecule has 0 radical (unpaired) electrons. The minimum atomic E-state index is 1.03. The van der Waals surface area contributed by atoms with Crippen molar-refractivity contribution in [2.75, 3.05) is 0 Å². The molecule has 0 amide bonds. The van der Waals surface area contributed by atoms with Gasteiger partial charge < -0.3 is 0 Å². The summed E-state index contributed by atoms with van der Waals surface area (Å²) in [6.07, 6.45) is 3.28. The summed E-state index contributed by atoms with van der Waals surface area (Å²) in [4.78, 5) is 4.37. The van der Waals surface area contributed by atoms with Crippen molar-refractivity contribution in [3.8, 4) is 17.2 Å². The van der Waals surface area contributed by atoms with E-state index in [0.717, 1.165) is 22.5 Å². The molecule has 0 aliphatic rings. The van der Waals surface area contributed by atoms with Gasteiger partial charge in [0, 0.05) is 17.5 Å². The second-order valence-corrected chi connectivity index (χ2v) is 4.22. The number of hydrogen-bond donors (Lipinski definition) is 0. The van der Waals surface area contributed by atoms with Crippen molar-refractivity contribution in [3.63, 3.8) is 0 Å². The lowest BCUT2D eigenvalue weighted by molar-refractivity contribution is 1.12. The summed E-state index contributed by atoms with van der Waals surface area (Å²) in [7, 11) is 0. The van der Waals surface area contributed by atoms with E-state index in [1.54, 1.807) is 6.08 Å². The second-order valence-electron chi connectivity index (χ2n) is 4.22. The molecule has 2 aromatic rings. The summed E-state index contributed by atoms with van der Waals surface area (Å²) in [5.74, 6) is 0. The normalized spacial score (nSPS) is 10.5. The molecule has 0 fully saturated rings. The maximum absolute atomic E-state index is 8.48. The molecule has 0 spiro atoms. The van der Waals surface area contributed by atoms with E-state index >= 15 is 0 Å². The molecule has 1 aromatic heterocycles. The van der Waals surface area contributed by atoms with Crippen LogP contribution in [-0.2, 0) is 0 Å². The van der Waals surface area contributed by atoms with Crippen molar-refractivity contribution >= 4 is 6.08 Å². The van der Waals surface area contributed by atoms with E-state index < -0.39 is 0 Å². The highest BCUT2D eigenvalue weighted by molar-refractivity contribution is 5.66. The van der Waals surface area contributed by atoms with Gasteiger partial charge >= 0.3 is 0 Å². The molecule has 1 heterocycles. The largest absolute Gasteiger partial charge is 0.258 e. The van der Waals surface area contributed by atoms with E-state index in [4.69, 9.17) is 5.26 Å². The van der Waals surface area contributed by atoms with Crippen molar-refractivity contribution in [3.05, 3.63) is 59.4 Å². The molecule has 88 valence electrons. The lowest BCUT2D eigenvalue weighted by Crippen LogP contribution is -1.88. The molecule has 2 rings (SSSR count). The Kier molecular flexibility index (Phi) is 3.54. The Hall–Kier alpha value is -2.40. The number of rotatable bonds is 2. The van der Waals surface area contributed by atoms with Crippen LogP contribution in [0.1, 0.15) is 17.0 Å². The van der Waals surface area contributed by atoms with E-state index in [1.165, 1.54) is 11.6 Å². The Morgan fingerprint density at radius 2 is 1.61 bits per heavy atom. The first-order chi connectivity index (χ1) is 8.69. The van der Waals surface area contributed by atoms with Crippen LogP contribution in [-0.4, -0.2) is 4.98 Å². The average molecular weight is 234 g/mol. The molecule has 2 nitrogen and oxygen atoms in total. The molecule has 0 N–H and O–H groups in total. The van der Waals surface area contributed by atoms with Crippen molar-refractivity contribution in [1.82, 2.24) is 4.98 Å². The zero-order valence-electron chi connectivity index (χ0n) is 10.5. The van der Waals surface area contributed by atoms with Crippen LogP contribution < -0.4 is 0 Å². The molecule has 0 bridgehead atoms. The molecule has 0 aliphatic carbocycles. The summed E-state index contributed by atoms with van der Waals surface area (Å²) in [6, 6.07) is 14.3. The minimum Gasteiger partial charge on any atom is -0.258 e. The fraction of sp³-hybridized carbons (Fsp3) is 0.125. The SMILES string of the molecule is Cc1cc(-c2ccc(C=CC#N)cc2)cc(C)n1. The Bertz CT molecular complexity index is 596. The van der Waals surface area contributed by atoms with Crippen molar-refractivity contribution < 1.29 is 0 Å². The van der Waals surface area contributed by atoms with Gasteiger partial charge in [-0.25, -0.2) is 0 Å². The number of pyridine rings is 1. The van der Waals surface area contributed by atoms with Gasteiger partial charge in [0.15, 0.2) is 0 Å². The second kappa shape index (κ2) is 5.29. The molecule has 0 saturated carbocycles. The summed E-state index contributed by atoms with van der Waals surface area (Å²) in [5, 5.41) is 8.48. The predicted molar refractivity (Wildman–Crippen MR) is 73.8 cm³/mol. The monoisotopic (exact) mass is 234 g/mol. The number of nitriles is 1. The van der Waals surface area contributed by atoms with E-state index in [9.17, 15) is 0 Å². The first kappa shape index (κ1) is 12.1. The summed E-state index contributed by atoms with van der Waals surface area (Å²) in [5.41, 5.74) is 5.42. The summed E-state index contributed by atoms with van der Waals surface area (Å²) < 4.78 is 0. The van der Waals surface area contributed by atoms with Gasteiger partial charge in [-0.3, -0.25) is 4.98 Å². The van der Waals surface area contributed by atoms with Crippen LogP contribution >= 0.6 is 0 Å². The van der Waals surface area contributed by atoms with Gasteiger partial charge in [0.2, 0.25) is 0 Å². The van der Waals surface area contributed by atoms with E-state index in [-0.39, 0.29) is 0 Å². The van der Waals surface area contributed by atoms with Gasteiger partial charge in [-0.05, 0) is 48.7 Å². The third-order valence-corrected chi connectivity index (χ3v) is 2.68. The highest BCUT2D eigenvalue weighted by atomic mass is 14.7. The van der Waals surface area contributed by atoms with Gasteiger partial charge in [-0.1, -0.05) is 24.3 Å². The zero-order chi connectivity index (χ0) is 13.0. The number of benzene rings is 1. The number of allylic oxidation sites excluding steroid dienone is 1. The third kappa shape index (κ3) is 2.83. The molecule has 2 heteroatoms. The van der Waals surface area contributed by atoms with Gasteiger partial charge in [0.05, 0.1) is 6.07 Å². The Balaban J connectivity index is 2.34. The predicted octanol–water partition coefficient (Wildman–Crippen LogP) is 3.90. The Morgan fingerprint density at radius 3 is 2.17 bits per heavy atom. The van der Waals surface area contributed by atoms with E-state index in [2.05, 4.69) is 29.2 Å². The lowest BCUT2D eigenvalue weighted by Gasteiger charge is -2.05. The van der Waals surface area contributed by atoms with Gasteiger partial charge in [0.25, 0.3) is 0 Å². The highest BCUT2D eigenvalue weighted by Gasteiger charge is 2.00. The van der Waals surface area contributed by atoms with Gasteiger partial charge in [-0.2, -0.15) is 5.26 Å². The maximum Gasteiger partial charge on any atom is 0.0912 e. The fourth-order valence-electron chi connectivity index (χ4n) is 1.92. The van der Waals surface area contributed by atoms with Crippen LogP contribution in [0.5, 0.6) is 0 Å². The first-order valence-electron chi connectivity index (χ1n) is 5.81. The van der Waals surface area contributed by atoms with Gasteiger partial charge in [-0.15, -0.1) is 0 Å². The molecule has 0 unspecified atom stereocenters.